The van der Waals surface area contributed by atoms with Crippen molar-refractivity contribution < 1.29 is 31.2 Å². The van der Waals surface area contributed by atoms with Crippen LogP contribution in [0.1, 0.15) is 37.8 Å². The molecule has 2 aromatic carbocycles. The van der Waals surface area contributed by atoms with Gasteiger partial charge in [-0.05, 0) is 49.2 Å². The molecule has 0 heterocycles. The lowest BCUT2D eigenvalue weighted by Crippen LogP contribution is -2.51. The van der Waals surface area contributed by atoms with Crippen molar-refractivity contribution in [2.24, 2.45) is 0 Å². The minimum atomic E-state index is -4.76. The summed E-state index contributed by atoms with van der Waals surface area (Å²) >= 11 is 9.42. The van der Waals surface area contributed by atoms with Crippen molar-refractivity contribution in [3.05, 3.63) is 63.1 Å². The first-order valence-electron chi connectivity index (χ1n) is 11.3. The molecule has 2 amide bonds. The summed E-state index contributed by atoms with van der Waals surface area (Å²) in [6.45, 7) is 2.94. The summed E-state index contributed by atoms with van der Waals surface area (Å²) in [5.41, 5.74) is -0.962. The number of anilines is 1. The van der Waals surface area contributed by atoms with E-state index in [1.165, 1.54) is 11.8 Å². The Morgan fingerprint density at radius 2 is 1.84 bits per heavy atom. The van der Waals surface area contributed by atoms with Crippen LogP contribution in [0.2, 0.25) is 5.02 Å². The second-order valence-electron chi connectivity index (χ2n) is 8.41. The Morgan fingerprint density at radius 1 is 1.16 bits per heavy atom. The number of amides is 2. The topological polar surface area (TPSA) is 86.8 Å². The van der Waals surface area contributed by atoms with Gasteiger partial charge in [0, 0.05) is 17.6 Å². The van der Waals surface area contributed by atoms with E-state index in [1.54, 1.807) is 24.3 Å². The third-order valence-electron chi connectivity index (χ3n) is 5.46. The molecule has 0 radical (unpaired) electrons. The zero-order chi connectivity index (χ0) is 28.0. The van der Waals surface area contributed by atoms with Gasteiger partial charge in [0.2, 0.25) is 21.8 Å². The molecule has 1 N–H and O–H groups in total. The van der Waals surface area contributed by atoms with E-state index in [-0.39, 0.29) is 11.6 Å². The van der Waals surface area contributed by atoms with E-state index in [1.807, 2.05) is 6.92 Å². The Hall–Kier alpha value is -2.31. The van der Waals surface area contributed by atoms with Crippen LogP contribution in [-0.4, -0.2) is 50.5 Å². The molecule has 0 spiro atoms. The fourth-order valence-electron chi connectivity index (χ4n) is 3.43. The van der Waals surface area contributed by atoms with Crippen molar-refractivity contribution in [1.29, 1.82) is 0 Å². The molecule has 0 aromatic heterocycles. The lowest BCUT2D eigenvalue weighted by atomic mass is 10.1. The van der Waals surface area contributed by atoms with E-state index >= 15 is 0 Å². The normalized spacial score (nSPS) is 12.6. The zero-order valence-electron chi connectivity index (χ0n) is 20.5. The molecule has 0 unspecified atom stereocenters. The van der Waals surface area contributed by atoms with E-state index in [9.17, 15) is 31.2 Å². The van der Waals surface area contributed by atoms with Crippen LogP contribution in [0.15, 0.2) is 46.9 Å². The molecular weight excluding hydrogens is 599 g/mol. The Labute approximate surface area is 228 Å². The van der Waals surface area contributed by atoms with Crippen LogP contribution < -0.4 is 9.62 Å². The maximum atomic E-state index is 13.5. The van der Waals surface area contributed by atoms with Crippen LogP contribution in [0.5, 0.6) is 0 Å². The van der Waals surface area contributed by atoms with E-state index in [0.717, 1.165) is 35.7 Å². The second-order valence-corrected chi connectivity index (χ2v) is 11.6. The number of carbonyl (C=O) groups excluding carboxylic acids is 2. The van der Waals surface area contributed by atoms with E-state index in [2.05, 4.69) is 21.2 Å². The quantitative estimate of drug-likeness (QED) is 0.347. The smallest absolute Gasteiger partial charge is 0.354 e. The molecule has 0 fully saturated rings. The maximum absolute atomic E-state index is 13.5. The second kappa shape index (κ2) is 13.0. The highest BCUT2D eigenvalue weighted by Gasteiger charge is 2.34. The lowest BCUT2D eigenvalue weighted by Gasteiger charge is -2.32. The number of nitrogens with zero attached hydrogens (tertiary/aromatic N) is 2. The number of benzene rings is 2. The van der Waals surface area contributed by atoms with E-state index in [4.69, 9.17) is 11.6 Å². The van der Waals surface area contributed by atoms with Gasteiger partial charge in [0.15, 0.2) is 0 Å². The van der Waals surface area contributed by atoms with Crippen molar-refractivity contribution in [3.8, 4) is 0 Å². The predicted octanol–water partition coefficient (Wildman–Crippen LogP) is 5.22. The molecule has 13 heteroatoms. The SMILES string of the molecule is CCCCNC(=O)[C@H](C)N(Cc1cccc(Br)c1)C(=O)CN(c1cc(C(F)(F)F)ccc1Cl)S(C)(=O)=O. The summed E-state index contributed by atoms with van der Waals surface area (Å²) in [6.07, 6.45) is -2.43. The monoisotopic (exact) mass is 625 g/mol. The average molecular weight is 627 g/mol. The number of rotatable bonds is 11. The third-order valence-corrected chi connectivity index (χ3v) is 7.40. The van der Waals surface area contributed by atoms with Crippen LogP contribution in [0.25, 0.3) is 0 Å². The van der Waals surface area contributed by atoms with Crippen LogP contribution in [0, 0.1) is 0 Å². The van der Waals surface area contributed by atoms with Crippen molar-refractivity contribution in [2.75, 3.05) is 23.7 Å². The standard InChI is InChI=1S/C24H28BrClF3N3O4S/c1-4-5-11-30-23(34)16(2)31(14-17-7-6-8-19(25)12-17)22(33)15-32(37(3,35)36)21-13-18(24(27,28)29)9-10-20(21)26/h6-10,12-13,16H,4-5,11,14-15H2,1-3H3,(H,30,34)/t16-/m0/s1. The number of sulfonamides is 1. The van der Waals surface area contributed by atoms with Gasteiger partial charge in [-0.15, -0.1) is 0 Å². The molecule has 0 aliphatic carbocycles. The van der Waals surface area contributed by atoms with Crippen molar-refractivity contribution >= 4 is 55.1 Å². The van der Waals surface area contributed by atoms with Crippen molar-refractivity contribution in [2.45, 2.75) is 45.5 Å². The summed E-state index contributed by atoms with van der Waals surface area (Å²) < 4.78 is 66.4. The molecule has 2 rings (SSSR count). The molecule has 0 aliphatic heterocycles. The first-order chi connectivity index (χ1) is 17.1. The van der Waals surface area contributed by atoms with Gasteiger partial charge in [0.05, 0.1) is 22.5 Å². The van der Waals surface area contributed by atoms with Gasteiger partial charge in [0.25, 0.3) is 0 Å². The number of unbranched alkanes of at least 4 members (excludes halogenated alkanes) is 1. The molecule has 0 aliphatic rings. The summed E-state index contributed by atoms with van der Waals surface area (Å²) in [5.74, 6) is -1.24. The van der Waals surface area contributed by atoms with Crippen molar-refractivity contribution in [3.63, 3.8) is 0 Å². The number of alkyl halides is 3. The van der Waals surface area contributed by atoms with Gasteiger partial charge in [-0.1, -0.05) is 53.0 Å². The Balaban J connectivity index is 2.46. The van der Waals surface area contributed by atoms with Gasteiger partial charge >= 0.3 is 6.18 Å². The Morgan fingerprint density at radius 3 is 2.41 bits per heavy atom. The minimum Gasteiger partial charge on any atom is -0.354 e. The first-order valence-corrected chi connectivity index (χ1v) is 14.3. The van der Waals surface area contributed by atoms with Crippen LogP contribution in [0.4, 0.5) is 18.9 Å². The Kier molecular flexibility index (Phi) is 10.8. The lowest BCUT2D eigenvalue weighted by molar-refractivity contribution is -0.139. The maximum Gasteiger partial charge on any atom is 0.416 e. The molecular formula is C24H28BrClF3N3O4S. The van der Waals surface area contributed by atoms with Gasteiger partial charge < -0.3 is 10.2 Å². The van der Waals surface area contributed by atoms with Gasteiger partial charge in [-0.2, -0.15) is 13.2 Å². The number of nitrogens with one attached hydrogen (secondary N) is 1. The number of halogens is 5. The summed E-state index contributed by atoms with van der Waals surface area (Å²) in [5, 5.41) is 2.46. The molecule has 0 saturated heterocycles. The van der Waals surface area contributed by atoms with Crippen LogP contribution >= 0.6 is 27.5 Å². The molecule has 204 valence electrons. The predicted molar refractivity (Wildman–Crippen MR) is 141 cm³/mol. The van der Waals surface area contributed by atoms with Gasteiger partial charge in [-0.25, -0.2) is 8.42 Å². The largest absolute Gasteiger partial charge is 0.416 e. The third kappa shape index (κ3) is 8.89. The number of hydrogen-bond donors (Lipinski definition) is 1. The number of carbonyl (C=O) groups is 2. The molecule has 0 bridgehead atoms. The number of hydrogen-bond acceptors (Lipinski definition) is 4. The fraction of sp³-hybridized carbons (Fsp3) is 0.417. The average Bonchev–Trinajstić information content (AvgIpc) is 2.79. The highest BCUT2D eigenvalue weighted by Crippen LogP contribution is 2.36. The highest BCUT2D eigenvalue weighted by atomic mass is 79.9. The van der Waals surface area contributed by atoms with Gasteiger partial charge in [0.1, 0.15) is 12.6 Å². The summed E-state index contributed by atoms with van der Waals surface area (Å²) in [6, 6.07) is 8.20. The van der Waals surface area contributed by atoms with Crippen molar-refractivity contribution in [1.82, 2.24) is 10.2 Å². The minimum absolute atomic E-state index is 0.0471. The van der Waals surface area contributed by atoms with E-state index in [0.29, 0.717) is 22.5 Å². The molecule has 1 atom stereocenters. The summed E-state index contributed by atoms with van der Waals surface area (Å²) in [4.78, 5) is 27.5. The van der Waals surface area contributed by atoms with Crippen LogP contribution in [-0.2, 0) is 32.3 Å². The molecule has 2 aromatic rings. The first kappa shape index (κ1) is 30.9. The Bertz CT molecular complexity index is 1230. The highest BCUT2D eigenvalue weighted by molar-refractivity contribution is 9.10. The van der Waals surface area contributed by atoms with Gasteiger partial charge in [-0.3, -0.25) is 13.9 Å². The zero-order valence-corrected chi connectivity index (χ0v) is 23.6. The molecule has 0 saturated carbocycles. The molecule has 7 nitrogen and oxygen atoms in total. The van der Waals surface area contributed by atoms with Crippen LogP contribution in [0.3, 0.4) is 0 Å². The molecule has 37 heavy (non-hydrogen) atoms. The summed E-state index contributed by atoms with van der Waals surface area (Å²) in [7, 11) is -4.25. The fourth-order valence-corrected chi connectivity index (χ4v) is 5.00. The van der Waals surface area contributed by atoms with E-state index < -0.39 is 51.9 Å².